The number of aryl methyl sites for hydroxylation is 1. The van der Waals surface area contributed by atoms with Crippen molar-refractivity contribution in [2.45, 2.75) is 26.1 Å². The number of hydrogen-bond acceptors (Lipinski definition) is 7. The van der Waals surface area contributed by atoms with E-state index in [4.69, 9.17) is 13.9 Å². The van der Waals surface area contributed by atoms with Crippen molar-refractivity contribution < 1.29 is 33.4 Å². The lowest BCUT2D eigenvalue weighted by molar-refractivity contribution is -0.140. The molecule has 1 aromatic heterocycles. The van der Waals surface area contributed by atoms with Crippen LogP contribution in [0.15, 0.2) is 101 Å². The zero-order chi connectivity index (χ0) is 28.2. The molecule has 5 rings (SSSR count). The summed E-state index contributed by atoms with van der Waals surface area (Å²) < 4.78 is 16.1. The van der Waals surface area contributed by atoms with Crippen LogP contribution in [0, 0.1) is 6.92 Å². The average Bonchev–Trinajstić information content (AvgIpc) is 3.58. The lowest BCUT2D eigenvalue weighted by Crippen LogP contribution is -2.29. The fraction of sp³-hybridized carbons (Fsp3) is 0.156. The van der Waals surface area contributed by atoms with E-state index < -0.39 is 23.7 Å². The molecule has 0 saturated carbocycles. The van der Waals surface area contributed by atoms with E-state index in [9.17, 15) is 19.5 Å². The van der Waals surface area contributed by atoms with Crippen LogP contribution in [-0.2, 0) is 27.5 Å². The Morgan fingerprint density at radius 1 is 0.950 bits per heavy atom. The molecule has 0 spiro atoms. The van der Waals surface area contributed by atoms with Crippen LogP contribution < -0.4 is 4.74 Å². The van der Waals surface area contributed by atoms with Crippen molar-refractivity contribution in [2.75, 3.05) is 7.11 Å². The monoisotopic (exact) mass is 537 g/mol. The molecule has 1 fully saturated rings. The van der Waals surface area contributed by atoms with Gasteiger partial charge >= 0.3 is 5.97 Å². The molecule has 4 aromatic rings. The molecule has 8 nitrogen and oxygen atoms in total. The van der Waals surface area contributed by atoms with Crippen LogP contribution in [0.5, 0.6) is 5.75 Å². The Bertz CT molecular complexity index is 1570. The Morgan fingerprint density at radius 2 is 1.68 bits per heavy atom. The summed E-state index contributed by atoms with van der Waals surface area (Å²) in [7, 11) is 1.29. The maximum absolute atomic E-state index is 13.3. The Morgan fingerprint density at radius 3 is 2.33 bits per heavy atom. The third-order valence-corrected chi connectivity index (χ3v) is 6.71. The molecular formula is C32H27NO7. The van der Waals surface area contributed by atoms with Crippen LogP contribution >= 0.6 is 0 Å². The van der Waals surface area contributed by atoms with Crippen molar-refractivity contribution in [1.29, 1.82) is 0 Å². The number of furan rings is 1. The number of ether oxygens (including phenoxy) is 2. The van der Waals surface area contributed by atoms with Crippen LogP contribution in [0.1, 0.15) is 44.4 Å². The SMILES string of the molecule is COC(=O)c1ccc([C@@H]2/C(=C(\O)c3ccc(OCc4cccc(C)c4)cc3)C(=O)C(=O)N2Cc2ccco2)cc1. The second-order valence-electron chi connectivity index (χ2n) is 9.42. The van der Waals surface area contributed by atoms with Gasteiger partial charge in [0.25, 0.3) is 11.7 Å². The van der Waals surface area contributed by atoms with Crippen LogP contribution in [0.25, 0.3) is 5.76 Å². The minimum atomic E-state index is -0.908. The molecule has 1 amide bonds. The molecule has 40 heavy (non-hydrogen) atoms. The number of carbonyl (C=O) groups is 3. The van der Waals surface area contributed by atoms with Crippen LogP contribution in [0.3, 0.4) is 0 Å². The topological polar surface area (TPSA) is 106 Å². The van der Waals surface area contributed by atoms with E-state index in [1.54, 1.807) is 60.7 Å². The summed E-state index contributed by atoms with van der Waals surface area (Å²) in [5.74, 6) is -1.34. The fourth-order valence-corrected chi connectivity index (χ4v) is 4.71. The standard InChI is InChI=1S/C32H27NO7/c1-20-5-3-6-21(17-20)19-40-25-14-12-23(13-15-25)29(34)27-28(22-8-10-24(11-9-22)32(37)38-2)33(31(36)30(27)35)18-26-7-4-16-39-26/h3-17,28,34H,18-19H2,1-2H3/b29-27+/t28-/m1/s1. The Balaban J connectivity index is 1.47. The van der Waals surface area contributed by atoms with Crippen LogP contribution in [0.4, 0.5) is 0 Å². The highest BCUT2D eigenvalue weighted by atomic mass is 16.5. The van der Waals surface area contributed by atoms with Crippen molar-refractivity contribution in [3.8, 4) is 5.75 Å². The summed E-state index contributed by atoms with van der Waals surface area (Å²) in [6.07, 6.45) is 1.48. The van der Waals surface area contributed by atoms with Gasteiger partial charge in [0, 0.05) is 5.56 Å². The molecule has 0 unspecified atom stereocenters. The Hall–Kier alpha value is -5.11. The minimum Gasteiger partial charge on any atom is -0.507 e. The van der Waals surface area contributed by atoms with E-state index in [0.717, 1.165) is 11.1 Å². The number of methoxy groups -OCH3 is 1. The van der Waals surface area contributed by atoms with E-state index in [2.05, 4.69) is 0 Å². The van der Waals surface area contributed by atoms with Crippen molar-refractivity contribution in [1.82, 2.24) is 4.90 Å². The number of hydrogen-bond donors (Lipinski definition) is 1. The first kappa shape index (κ1) is 26.5. The minimum absolute atomic E-state index is 0.0174. The zero-order valence-corrected chi connectivity index (χ0v) is 22.0. The van der Waals surface area contributed by atoms with E-state index in [1.165, 1.54) is 18.3 Å². The molecule has 1 aliphatic heterocycles. The van der Waals surface area contributed by atoms with Crippen molar-refractivity contribution >= 4 is 23.4 Å². The highest BCUT2D eigenvalue weighted by Gasteiger charge is 2.46. The number of rotatable bonds is 8. The van der Waals surface area contributed by atoms with Gasteiger partial charge in [0.2, 0.25) is 0 Å². The van der Waals surface area contributed by atoms with Crippen molar-refractivity contribution in [2.24, 2.45) is 0 Å². The smallest absolute Gasteiger partial charge is 0.337 e. The van der Waals surface area contributed by atoms with E-state index in [-0.39, 0.29) is 17.9 Å². The number of aliphatic hydroxyl groups is 1. The van der Waals surface area contributed by atoms with Gasteiger partial charge in [0.1, 0.15) is 23.9 Å². The number of ketones is 1. The van der Waals surface area contributed by atoms with Gasteiger partial charge in [-0.25, -0.2) is 4.79 Å². The van der Waals surface area contributed by atoms with Gasteiger partial charge in [0.15, 0.2) is 0 Å². The molecule has 3 aromatic carbocycles. The van der Waals surface area contributed by atoms with Crippen LogP contribution in [0.2, 0.25) is 0 Å². The maximum atomic E-state index is 13.3. The quantitative estimate of drug-likeness (QED) is 0.135. The normalized spacial score (nSPS) is 16.2. The number of nitrogens with zero attached hydrogens (tertiary/aromatic N) is 1. The van der Waals surface area contributed by atoms with Gasteiger partial charge in [-0.15, -0.1) is 0 Å². The molecule has 2 heterocycles. The van der Waals surface area contributed by atoms with E-state index in [0.29, 0.717) is 34.8 Å². The summed E-state index contributed by atoms with van der Waals surface area (Å²) in [4.78, 5) is 39.7. The predicted octanol–water partition coefficient (Wildman–Crippen LogP) is 5.58. The molecule has 0 radical (unpaired) electrons. The van der Waals surface area contributed by atoms with E-state index in [1.807, 2.05) is 31.2 Å². The Labute approximate surface area is 231 Å². The maximum Gasteiger partial charge on any atom is 0.337 e. The lowest BCUT2D eigenvalue weighted by Gasteiger charge is -2.24. The van der Waals surface area contributed by atoms with Crippen molar-refractivity contribution in [3.63, 3.8) is 0 Å². The van der Waals surface area contributed by atoms with Gasteiger partial charge in [0.05, 0.1) is 37.1 Å². The third-order valence-electron chi connectivity index (χ3n) is 6.71. The summed E-state index contributed by atoms with van der Waals surface area (Å²) in [5, 5.41) is 11.3. The highest BCUT2D eigenvalue weighted by molar-refractivity contribution is 6.46. The summed E-state index contributed by atoms with van der Waals surface area (Å²) in [5.41, 5.74) is 3.32. The van der Waals surface area contributed by atoms with Crippen LogP contribution in [-0.4, -0.2) is 34.8 Å². The number of aliphatic hydroxyl groups excluding tert-OH is 1. The molecule has 0 aliphatic carbocycles. The molecule has 1 atom stereocenters. The number of benzene rings is 3. The second-order valence-corrected chi connectivity index (χ2v) is 9.42. The molecule has 1 N–H and O–H groups in total. The first-order valence-corrected chi connectivity index (χ1v) is 12.6. The molecule has 202 valence electrons. The number of Topliss-reactive ketones (excluding diaryl/α,β-unsaturated/α-hetero) is 1. The zero-order valence-electron chi connectivity index (χ0n) is 22.0. The molecule has 8 heteroatoms. The van der Waals surface area contributed by atoms with Gasteiger partial charge in [-0.1, -0.05) is 42.0 Å². The largest absolute Gasteiger partial charge is 0.507 e. The number of esters is 1. The number of amides is 1. The Kier molecular flexibility index (Phi) is 7.50. The van der Waals surface area contributed by atoms with Gasteiger partial charge < -0.3 is 23.9 Å². The lowest BCUT2D eigenvalue weighted by atomic mass is 9.94. The molecule has 1 aliphatic rings. The van der Waals surface area contributed by atoms with E-state index >= 15 is 0 Å². The third kappa shape index (κ3) is 5.37. The molecule has 0 bridgehead atoms. The first-order chi connectivity index (χ1) is 19.4. The molecular weight excluding hydrogens is 510 g/mol. The van der Waals surface area contributed by atoms with Gasteiger partial charge in [-0.3, -0.25) is 9.59 Å². The fourth-order valence-electron chi connectivity index (χ4n) is 4.71. The first-order valence-electron chi connectivity index (χ1n) is 12.6. The van der Waals surface area contributed by atoms with Gasteiger partial charge in [-0.2, -0.15) is 0 Å². The van der Waals surface area contributed by atoms with Crippen molar-refractivity contribution in [3.05, 3.63) is 130 Å². The second kappa shape index (κ2) is 11.3. The summed E-state index contributed by atoms with van der Waals surface area (Å²) >= 11 is 0. The van der Waals surface area contributed by atoms with Gasteiger partial charge in [-0.05, 0) is 66.6 Å². The number of likely N-dealkylation sites (tertiary alicyclic amines) is 1. The summed E-state index contributed by atoms with van der Waals surface area (Å²) in [6, 6.07) is 23.5. The number of carbonyl (C=O) groups excluding carboxylic acids is 3. The predicted molar refractivity (Wildman–Crippen MR) is 146 cm³/mol. The molecule has 1 saturated heterocycles. The average molecular weight is 538 g/mol. The highest BCUT2D eigenvalue weighted by Crippen LogP contribution is 2.40. The summed E-state index contributed by atoms with van der Waals surface area (Å²) in [6.45, 7) is 2.41.